The van der Waals surface area contributed by atoms with Crippen molar-refractivity contribution in [3.8, 4) is 0 Å². The maximum atomic E-state index is 11.1. The normalized spacial score (nSPS) is 20.1. The zero-order valence-corrected chi connectivity index (χ0v) is 12.4. The largest absolute Gasteiger partial charge is 0.340 e. The van der Waals surface area contributed by atoms with Gasteiger partial charge >= 0.3 is 5.69 Å². The summed E-state index contributed by atoms with van der Waals surface area (Å²) in [6.07, 6.45) is 6.87. The Morgan fingerprint density at radius 3 is 2.85 bits per heavy atom. The molecule has 0 radical (unpaired) electrons. The highest BCUT2D eigenvalue weighted by molar-refractivity contribution is 9.10. The zero-order valence-electron chi connectivity index (χ0n) is 10.8. The summed E-state index contributed by atoms with van der Waals surface area (Å²) in [5, 5.41) is 6.36. The number of nitrogens with one attached hydrogen (secondary N) is 2. The molecule has 106 valence electrons. The fraction of sp³-hybridized carbons (Fsp3) is 0.500. The van der Waals surface area contributed by atoms with E-state index in [1.807, 2.05) is 0 Å². The van der Waals surface area contributed by atoms with Crippen LogP contribution in [0.4, 0.5) is 0 Å². The maximum absolute atomic E-state index is 11.1. The molecule has 0 saturated carbocycles. The van der Waals surface area contributed by atoms with Gasteiger partial charge in [-0.25, -0.2) is 19.9 Å². The molecule has 7 nitrogen and oxygen atoms in total. The van der Waals surface area contributed by atoms with E-state index >= 15 is 0 Å². The highest BCUT2D eigenvalue weighted by atomic mass is 79.9. The van der Waals surface area contributed by atoms with E-state index in [-0.39, 0.29) is 11.7 Å². The van der Waals surface area contributed by atoms with E-state index in [9.17, 15) is 4.79 Å². The van der Waals surface area contributed by atoms with Gasteiger partial charge in [-0.2, -0.15) is 5.10 Å². The number of hydrogen-bond donors (Lipinski definition) is 2. The summed E-state index contributed by atoms with van der Waals surface area (Å²) in [6.45, 7) is 1.56. The second kappa shape index (κ2) is 5.84. The maximum Gasteiger partial charge on any atom is 0.340 e. The van der Waals surface area contributed by atoms with Crippen LogP contribution in [-0.2, 0) is 6.54 Å². The molecule has 1 saturated heterocycles. The molecule has 1 aliphatic heterocycles. The lowest BCUT2D eigenvalue weighted by atomic mass is 10.0. The average Bonchev–Trinajstić information content (AvgIpc) is 2.86. The molecule has 0 aliphatic carbocycles. The fourth-order valence-electron chi connectivity index (χ4n) is 2.54. The molecular weight excluding hydrogens is 324 g/mol. The van der Waals surface area contributed by atoms with Crippen molar-refractivity contribution in [2.75, 3.05) is 6.54 Å². The van der Waals surface area contributed by atoms with Gasteiger partial charge in [-0.3, -0.25) is 9.88 Å². The topological polar surface area (TPSA) is 90.6 Å². The molecule has 3 heterocycles. The van der Waals surface area contributed by atoms with Crippen LogP contribution in [0.5, 0.6) is 0 Å². The zero-order chi connectivity index (χ0) is 13.9. The van der Waals surface area contributed by atoms with Gasteiger partial charge < -0.3 is 0 Å². The fourth-order valence-corrected chi connectivity index (χ4v) is 2.74. The summed E-state index contributed by atoms with van der Waals surface area (Å²) < 4.78 is 0.875. The standard InChI is InChI=1S/C12H15BrN6O/c13-8-5-14-11(15-6-8)9-3-1-2-4-19(9)7-10-16-12(20)18-17-10/h5-6,9H,1-4,7H2,(H2,16,17,18,20). The average molecular weight is 339 g/mol. The molecule has 2 aromatic heterocycles. The second-order valence-corrected chi connectivity index (χ2v) is 5.78. The molecule has 0 aromatic carbocycles. The van der Waals surface area contributed by atoms with E-state index in [0.717, 1.165) is 36.1 Å². The van der Waals surface area contributed by atoms with E-state index in [2.05, 4.69) is 46.0 Å². The molecular formula is C12H15BrN6O. The summed E-state index contributed by atoms with van der Waals surface area (Å²) in [5.41, 5.74) is -0.270. The molecule has 1 atom stereocenters. The Balaban J connectivity index is 1.80. The van der Waals surface area contributed by atoms with Gasteiger partial charge in [-0.05, 0) is 35.3 Å². The van der Waals surface area contributed by atoms with Gasteiger partial charge in [0.25, 0.3) is 0 Å². The smallest absolute Gasteiger partial charge is 0.292 e. The van der Waals surface area contributed by atoms with Crippen molar-refractivity contribution in [1.29, 1.82) is 0 Å². The van der Waals surface area contributed by atoms with Crippen LogP contribution in [0, 0.1) is 0 Å². The molecule has 8 heteroatoms. The number of hydrogen-bond acceptors (Lipinski definition) is 5. The summed E-state index contributed by atoms with van der Waals surface area (Å²) in [6, 6.07) is 0.178. The van der Waals surface area contributed by atoms with Crippen molar-refractivity contribution in [3.05, 3.63) is 39.0 Å². The number of likely N-dealkylation sites (tertiary alicyclic amines) is 1. The molecule has 2 aromatic rings. The van der Waals surface area contributed by atoms with Crippen molar-refractivity contribution in [2.24, 2.45) is 0 Å². The number of piperidine rings is 1. The predicted octanol–water partition coefficient (Wildman–Crippen LogP) is 1.38. The van der Waals surface area contributed by atoms with Gasteiger partial charge in [0.2, 0.25) is 0 Å². The Bertz CT molecular complexity index is 621. The summed E-state index contributed by atoms with van der Waals surface area (Å²) in [5.74, 6) is 1.48. The Kier molecular flexibility index (Phi) is 3.93. The van der Waals surface area contributed by atoms with Gasteiger partial charge in [0, 0.05) is 12.4 Å². The first-order chi connectivity index (χ1) is 9.72. The molecule has 0 spiro atoms. The minimum Gasteiger partial charge on any atom is -0.292 e. The van der Waals surface area contributed by atoms with Crippen LogP contribution < -0.4 is 5.69 Å². The summed E-state index contributed by atoms with van der Waals surface area (Å²) in [7, 11) is 0. The van der Waals surface area contributed by atoms with Crippen LogP contribution in [0.25, 0.3) is 0 Å². The van der Waals surface area contributed by atoms with Crippen molar-refractivity contribution in [2.45, 2.75) is 31.8 Å². The first-order valence-electron chi connectivity index (χ1n) is 6.57. The number of nitrogens with zero attached hydrogens (tertiary/aromatic N) is 4. The predicted molar refractivity (Wildman–Crippen MR) is 75.9 cm³/mol. The van der Waals surface area contributed by atoms with Gasteiger partial charge in [-0.1, -0.05) is 6.42 Å². The van der Waals surface area contributed by atoms with Crippen molar-refractivity contribution < 1.29 is 0 Å². The third kappa shape index (κ3) is 2.96. The molecule has 20 heavy (non-hydrogen) atoms. The SMILES string of the molecule is O=c1[nH]nc(CN2CCCCC2c2ncc(Br)cn2)[nH]1. The first-order valence-corrected chi connectivity index (χ1v) is 7.37. The van der Waals surface area contributed by atoms with Crippen LogP contribution >= 0.6 is 15.9 Å². The number of aromatic nitrogens is 5. The second-order valence-electron chi connectivity index (χ2n) is 4.87. The number of halogens is 1. The Morgan fingerprint density at radius 2 is 2.15 bits per heavy atom. The van der Waals surface area contributed by atoms with Crippen LogP contribution in [0.3, 0.4) is 0 Å². The Labute approximate surface area is 124 Å². The third-order valence-electron chi connectivity index (χ3n) is 3.46. The molecule has 1 fully saturated rings. The van der Waals surface area contributed by atoms with E-state index in [1.54, 1.807) is 12.4 Å². The molecule has 0 bridgehead atoms. The number of aromatic amines is 2. The molecule has 0 amide bonds. The van der Waals surface area contributed by atoms with E-state index in [1.165, 1.54) is 0 Å². The lowest BCUT2D eigenvalue weighted by Crippen LogP contribution is -2.34. The van der Waals surface area contributed by atoms with Crippen LogP contribution in [0.2, 0.25) is 0 Å². The highest BCUT2D eigenvalue weighted by Gasteiger charge is 2.26. The summed E-state index contributed by atoms with van der Waals surface area (Å²) >= 11 is 3.35. The van der Waals surface area contributed by atoms with Crippen LogP contribution in [0.1, 0.15) is 37.0 Å². The number of H-pyrrole nitrogens is 2. The van der Waals surface area contributed by atoms with Crippen molar-refractivity contribution in [3.63, 3.8) is 0 Å². The molecule has 1 unspecified atom stereocenters. The van der Waals surface area contributed by atoms with Crippen LogP contribution in [-0.4, -0.2) is 36.6 Å². The minimum atomic E-state index is -0.270. The minimum absolute atomic E-state index is 0.178. The van der Waals surface area contributed by atoms with Gasteiger partial charge in [-0.15, -0.1) is 0 Å². The van der Waals surface area contributed by atoms with Gasteiger partial charge in [0.1, 0.15) is 11.6 Å². The lowest BCUT2D eigenvalue weighted by molar-refractivity contribution is 0.130. The Hall–Kier alpha value is -1.54. The molecule has 3 rings (SSSR count). The van der Waals surface area contributed by atoms with E-state index in [0.29, 0.717) is 12.4 Å². The van der Waals surface area contributed by atoms with E-state index < -0.39 is 0 Å². The van der Waals surface area contributed by atoms with Gasteiger partial charge in [0.05, 0.1) is 17.1 Å². The van der Waals surface area contributed by atoms with Crippen molar-refractivity contribution >= 4 is 15.9 Å². The van der Waals surface area contributed by atoms with Crippen molar-refractivity contribution in [1.82, 2.24) is 30.0 Å². The quantitative estimate of drug-likeness (QED) is 0.882. The van der Waals surface area contributed by atoms with E-state index in [4.69, 9.17) is 0 Å². The third-order valence-corrected chi connectivity index (χ3v) is 3.86. The Morgan fingerprint density at radius 1 is 1.35 bits per heavy atom. The summed E-state index contributed by atoms with van der Waals surface area (Å²) in [4.78, 5) is 24.9. The molecule has 2 N–H and O–H groups in total. The first kappa shape index (κ1) is 13.4. The lowest BCUT2D eigenvalue weighted by Gasteiger charge is -2.33. The molecule has 1 aliphatic rings. The monoisotopic (exact) mass is 338 g/mol. The number of rotatable bonds is 3. The van der Waals surface area contributed by atoms with Crippen LogP contribution in [0.15, 0.2) is 21.7 Å². The highest BCUT2D eigenvalue weighted by Crippen LogP contribution is 2.29. The van der Waals surface area contributed by atoms with Gasteiger partial charge in [0.15, 0.2) is 0 Å².